The van der Waals surface area contributed by atoms with Gasteiger partial charge in [-0.05, 0) is 62.8 Å². The van der Waals surface area contributed by atoms with E-state index in [1.165, 1.54) is 29.5 Å². The maximum absolute atomic E-state index is 13.6. The standard InChI is InChI=1S/C23H23FN2O4S/c1-12-16-10-13(24)7-8-17(16)30-20(12)22(28)26-23-19(15-5-2-6-18(15)31-23)21(27)25-11-14-4-3-9-29-14/h7-8,10,14H,2-6,9,11H2,1H3,(H,25,27)(H,26,28). The lowest BCUT2D eigenvalue weighted by molar-refractivity contribution is 0.0858. The minimum absolute atomic E-state index is 0.0484. The second-order valence-electron chi connectivity index (χ2n) is 8.06. The molecule has 162 valence electrons. The highest BCUT2D eigenvalue weighted by Crippen LogP contribution is 2.39. The molecule has 0 radical (unpaired) electrons. The van der Waals surface area contributed by atoms with Gasteiger partial charge in [0.05, 0.1) is 11.7 Å². The minimum Gasteiger partial charge on any atom is -0.451 e. The SMILES string of the molecule is Cc1c(C(=O)Nc2sc3c(c2C(=O)NCC2CCCO2)CCC3)oc2ccc(F)cc12. The number of hydrogen-bond acceptors (Lipinski definition) is 5. The van der Waals surface area contributed by atoms with Crippen LogP contribution in [-0.2, 0) is 17.6 Å². The van der Waals surface area contributed by atoms with E-state index in [0.29, 0.717) is 33.6 Å². The number of benzene rings is 1. The Morgan fingerprint density at radius 3 is 2.90 bits per heavy atom. The fourth-order valence-corrected chi connectivity index (χ4v) is 5.68. The first-order valence-electron chi connectivity index (χ1n) is 10.6. The zero-order chi connectivity index (χ0) is 21.5. The van der Waals surface area contributed by atoms with Gasteiger partial charge < -0.3 is 19.8 Å². The fraction of sp³-hybridized carbons (Fsp3) is 0.391. The van der Waals surface area contributed by atoms with Crippen molar-refractivity contribution in [1.82, 2.24) is 5.32 Å². The molecule has 1 aromatic carbocycles. The highest BCUT2D eigenvalue weighted by Gasteiger charge is 2.29. The van der Waals surface area contributed by atoms with Gasteiger partial charge in [0, 0.05) is 29.0 Å². The number of amides is 2. The number of nitrogens with one attached hydrogen (secondary N) is 2. The van der Waals surface area contributed by atoms with Gasteiger partial charge in [-0.15, -0.1) is 11.3 Å². The largest absolute Gasteiger partial charge is 0.451 e. The van der Waals surface area contributed by atoms with Crippen LogP contribution in [0.25, 0.3) is 11.0 Å². The summed E-state index contributed by atoms with van der Waals surface area (Å²) in [5, 5.41) is 6.95. The third kappa shape index (κ3) is 3.74. The van der Waals surface area contributed by atoms with Crippen LogP contribution in [0.5, 0.6) is 0 Å². The molecule has 1 aliphatic carbocycles. The summed E-state index contributed by atoms with van der Waals surface area (Å²) >= 11 is 1.45. The second-order valence-corrected chi connectivity index (χ2v) is 9.16. The molecule has 5 rings (SSSR count). The lowest BCUT2D eigenvalue weighted by atomic mass is 10.1. The molecule has 1 unspecified atom stereocenters. The van der Waals surface area contributed by atoms with E-state index in [-0.39, 0.29) is 23.6 Å². The van der Waals surface area contributed by atoms with Gasteiger partial charge in [-0.25, -0.2) is 4.39 Å². The van der Waals surface area contributed by atoms with Crippen molar-refractivity contribution in [3.63, 3.8) is 0 Å². The first kappa shape index (κ1) is 20.2. The monoisotopic (exact) mass is 442 g/mol. The highest BCUT2D eigenvalue weighted by molar-refractivity contribution is 7.17. The Balaban J connectivity index is 1.41. The molecule has 0 saturated carbocycles. The quantitative estimate of drug-likeness (QED) is 0.606. The summed E-state index contributed by atoms with van der Waals surface area (Å²) in [6, 6.07) is 4.17. The Kier molecular flexibility index (Phi) is 5.27. The smallest absolute Gasteiger partial charge is 0.292 e. The van der Waals surface area contributed by atoms with E-state index in [9.17, 15) is 14.0 Å². The van der Waals surface area contributed by atoms with Crippen LogP contribution in [0.3, 0.4) is 0 Å². The first-order chi connectivity index (χ1) is 15.0. The van der Waals surface area contributed by atoms with Crippen molar-refractivity contribution in [3.05, 3.63) is 51.3 Å². The Bertz CT molecular complexity index is 1180. The van der Waals surface area contributed by atoms with Gasteiger partial charge in [-0.1, -0.05) is 0 Å². The number of hydrogen-bond donors (Lipinski definition) is 2. The van der Waals surface area contributed by atoms with E-state index >= 15 is 0 Å². The molecule has 2 amide bonds. The normalized spacial score (nSPS) is 17.8. The van der Waals surface area contributed by atoms with Gasteiger partial charge in [0.2, 0.25) is 0 Å². The molecular weight excluding hydrogens is 419 g/mol. The number of halogens is 1. The fourth-order valence-electron chi connectivity index (χ4n) is 4.40. The van der Waals surface area contributed by atoms with Gasteiger partial charge in [0.25, 0.3) is 11.8 Å². The van der Waals surface area contributed by atoms with Gasteiger partial charge in [-0.3, -0.25) is 9.59 Å². The molecule has 1 atom stereocenters. The Morgan fingerprint density at radius 1 is 1.23 bits per heavy atom. The van der Waals surface area contributed by atoms with Crippen molar-refractivity contribution in [2.24, 2.45) is 0 Å². The zero-order valence-electron chi connectivity index (χ0n) is 17.2. The van der Waals surface area contributed by atoms with Crippen LogP contribution < -0.4 is 10.6 Å². The molecule has 2 aromatic heterocycles. The van der Waals surface area contributed by atoms with Crippen LogP contribution in [0.15, 0.2) is 22.6 Å². The number of carbonyl (C=O) groups excluding carboxylic acids is 2. The van der Waals surface area contributed by atoms with Crippen LogP contribution in [0.4, 0.5) is 9.39 Å². The van der Waals surface area contributed by atoms with Gasteiger partial charge in [0.1, 0.15) is 16.4 Å². The molecule has 3 heterocycles. The number of aryl methyl sites for hydroxylation is 2. The molecule has 2 N–H and O–H groups in total. The summed E-state index contributed by atoms with van der Waals surface area (Å²) in [4.78, 5) is 27.2. The van der Waals surface area contributed by atoms with Crippen LogP contribution in [0, 0.1) is 12.7 Å². The number of thiophene rings is 1. The molecular formula is C23H23FN2O4S. The number of ether oxygens (including phenoxy) is 1. The lowest BCUT2D eigenvalue weighted by Crippen LogP contribution is -2.32. The molecule has 1 fully saturated rings. The topological polar surface area (TPSA) is 80.6 Å². The van der Waals surface area contributed by atoms with E-state index < -0.39 is 5.91 Å². The molecule has 0 bridgehead atoms. The van der Waals surface area contributed by atoms with Crippen LogP contribution in [0.1, 0.15) is 56.2 Å². The van der Waals surface area contributed by atoms with E-state index in [0.717, 1.165) is 49.2 Å². The molecule has 0 spiro atoms. The summed E-state index contributed by atoms with van der Waals surface area (Å²) in [5.41, 5.74) is 2.59. The van der Waals surface area contributed by atoms with Gasteiger partial charge in [0.15, 0.2) is 5.76 Å². The Labute approximate surface area is 182 Å². The third-order valence-electron chi connectivity index (χ3n) is 5.99. The van der Waals surface area contributed by atoms with Crippen LogP contribution in [-0.4, -0.2) is 31.1 Å². The van der Waals surface area contributed by atoms with E-state index in [2.05, 4.69) is 10.6 Å². The third-order valence-corrected chi connectivity index (χ3v) is 7.20. The first-order valence-corrected chi connectivity index (χ1v) is 11.4. The van der Waals surface area contributed by atoms with Crippen molar-refractivity contribution in [2.45, 2.75) is 45.1 Å². The number of fused-ring (bicyclic) bond motifs is 2. The molecule has 2 aliphatic rings. The van der Waals surface area contributed by atoms with Gasteiger partial charge >= 0.3 is 0 Å². The molecule has 1 saturated heterocycles. The summed E-state index contributed by atoms with van der Waals surface area (Å²) in [7, 11) is 0. The number of rotatable bonds is 5. The Morgan fingerprint density at radius 2 is 2.10 bits per heavy atom. The van der Waals surface area contributed by atoms with Gasteiger partial charge in [-0.2, -0.15) is 0 Å². The molecule has 8 heteroatoms. The number of anilines is 1. The summed E-state index contributed by atoms with van der Waals surface area (Å²) in [6.07, 6.45) is 4.74. The van der Waals surface area contributed by atoms with E-state index in [1.54, 1.807) is 6.92 Å². The second kappa shape index (κ2) is 8.09. The van der Waals surface area contributed by atoms with Crippen molar-refractivity contribution in [3.8, 4) is 0 Å². The summed E-state index contributed by atoms with van der Waals surface area (Å²) in [5.74, 6) is -0.890. The Hall–Kier alpha value is -2.71. The summed E-state index contributed by atoms with van der Waals surface area (Å²) in [6.45, 7) is 2.92. The minimum atomic E-state index is -0.442. The average Bonchev–Trinajstić information content (AvgIpc) is 3.51. The predicted octanol–water partition coefficient (Wildman–Crippen LogP) is 4.59. The molecule has 6 nitrogen and oxygen atoms in total. The van der Waals surface area contributed by atoms with Crippen LogP contribution in [0.2, 0.25) is 0 Å². The zero-order valence-corrected chi connectivity index (χ0v) is 18.0. The van der Waals surface area contributed by atoms with Crippen molar-refractivity contribution >= 4 is 39.1 Å². The molecule has 1 aliphatic heterocycles. The van der Waals surface area contributed by atoms with E-state index in [4.69, 9.17) is 9.15 Å². The predicted molar refractivity (Wildman–Crippen MR) is 117 cm³/mol. The van der Waals surface area contributed by atoms with Crippen molar-refractivity contribution < 1.29 is 23.1 Å². The maximum Gasteiger partial charge on any atom is 0.292 e. The highest BCUT2D eigenvalue weighted by atomic mass is 32.1. The van der Waals surface area contributed by atoms with Crippen LogP contribution >= 0.6 is 11.3 Å². The maximum atomic E-state index is 13.6. The van der Waals surface area contributed by atoms with Crippen molar-refractivity contribution in [1.29, 1.82) is 0 Å². The molecule has 31 heavy (non-hydrogen) atoms. The lowest BCUT2D eigenvalue weighted by Gasteiger charge is -2.12. The average molecular weight is 443 g/mol. The molecule has 3 aromatic rings. The summed E-state index contributed by atoms with van der Waals surface area (Å²) < 4.78 is 24.9. The number of carbonyl (C=O) groups is 2. The van der Waals surface area contributed by atoms with Crippen molar-refractivity contribution in [2.75, 3.05) is 18.5 Å². The number of furan rings is 1. The van der Waals surface area contributed by atoms with E-state index in [1.807, 2.05) is 0 Å².